The standard InChI is InChI=1S/C17H13N7OS/c25-22-13-4-1-10-7-11(2-3-12(10)13)19-17-16(14-9-26-23-21-14)20-15-8-18-5-6-24(15)17/h2-3,5-9,19,25H,1,4H2. The van der Waals surface area contributed by atoms with Crippen molar-refractivity contribution in [3.8, 4) is 11.4 Å². The zero-order valence-corrected chi connectivity index (χ0v) is 14.3. The van der Waals surface area contributed by atoms with Crippen LogP contribution in [-0.2, 0) is 6.42 Å². The average Bonchev–Trinajstić information content (AvgIpc) is 3.40. The van der Waals surface area contributed by atoms with Crippen molar-refractivity contribution in [1.82, 2.24) is 24.0 Å². The summed E-state index contributed by atoms with van der Waals surface area (Å²) in [4.78, 5) is 8.78. The van der Waals surface area contributed by atoms with Gasteiger partial charge in [0, 0.05) is 29.0 Å². The van der Waals surface area contributed by atoms with Gasteiger partial charge in [-0.1, -0.05) is 15.7 Å². The first-order chi connectivity index (χ1) is 12.8. The van der Waals surface area contributed by atoms with E-state index >= 15 is 0 Å². The van der Waals surface area contributed by atoms with Crippen LogP contribution in [0.15, 0.2) is 47.3 Å². The van der Waals surface area contributed by atoms with Gasteiger partial charge in [-0.15, -0.1) is 5.10 Å². The Hall–Kier alpha value is -3.33. The zero-order chi connectivity index (χ0) is 17.5. The van der Waals surface area contributed by atoms with Crippen LogP contribution in [0.3, 0.4) is 0 Å². The first-order valence-corrected chi connectivity index (χ1v) is 8.88. The number of benzene rings is 1. The molecule has 4 aromatic rings. The largest absolute Gasteiger partial charge is 0.411 e. The summed E-state index contributed by atoms with van der Waals surface area (Å²) in [5, 5.41) is 22.0. The molecule has 1 aromatic carbocycles. The van der Waals surface area contributed by atoms with Crippen molar-refractivity contribution >= 4 is 34.4 Å². The quantitative estimate of drug-likeness (QED) is 0.428. The van der Waals surface area contributed by atoms with Gasteiger partial charge in [0.15, 0.2) is 5.65 Å². The number of nitrogens with one attached hydrogen (secondary N) is 1. The van der Waals surface area contributed by atoms with Crippen LogP contribution in [0.4, 0.5) is 11.5 Å². The molecule has 0 bridgehead atoms. The Kier molecular flexibility index (Phi) is 3.39. The topological polar surface area (TPSA) is 101 Å². The van der Waals surface area contributed by atoms with Crippen LogP contribution in [0.5, 0.6) is 0 Å². The summed E-state index contributed by atoms with van der Waals surface area (Å²) in [6.45, 7) is 0. The monoisotopic (exact) mass is 363 g/mol. The van der Waals surface area contributed by atoms with Crippen molar-refractivity contribution < 1.29 is 5.21 Å². The third-order valence-electron chi connectivity index (χ3n) is 4.46. The lowest BCUT2D eigenvalue weighted by Crippen LogP contribution is -1.99. The van der Waals surface area contributed by atoms with E-state index in [1.54, 1.807) is 12.4 Å². The van der Waals surface area contributed by atoms with E-state index in [2.05, 4.69) is 36.1 Å². The normalized spacial score (nSPS) is 14.8. The third kappa shape index (κ3) is 2.32. The summed E-state index contributed by atoms with van der Waals surface area (Å²) in [6.07, 6.45) is 6.91. The summed E-state index contributed by atoms with van der Waals surface area (Å²) in [5.74, 6) is 0.809. The Balaban J connectivity index is 1.61. The Bertz CT molecular complexity index is 1130. The molecule has 0 amide bonds. The SMILES string of the molecule is ON=C1CCc2cc(Nc3c(-c4csnn4)nc4cnccn34)ccc21. The highest BCUT2D eigenvalue weighted by molar-refractivity contribution is 7.03. The van der Waals surface area contributed by atoms with Crippen molar-refractivity contribution in [3.63, 3.8) is 0 Å². The average molecular weight is 363 g/mol. The number of rotatable bonds is 3. The number of aromatic nitrogens is 5. The predicted molar refractivity (Wildman–Crippen MR) is 98.3 cm³/mol. The molecule has 9 heteroatoms. The fourth-order valence-corrected chi connectivity index (χ4v) is 3.70. The third-order valence-corrected chi connectivity index (χ3v) is 4.97. The maximum absolute atomic E-state index is 9.09. The number of anilines is 2. The van der Waals surface area contributed by atoms with Crippen LogP contribution in [-0.4, -0.2) is 34.9 Å². The highest BCUT2D eigenvalue weighted by Gasteiger charge is 2.20. The van der Waals surface area contributed by atoms with Gasteiger partial charge in [-0.2, -0.15) is 0 Å². The van der Waals surface area contributed by atoms with Gasteiger partial charge in [-0.25, -0.2) is 4.98 Å². The lowest BCUT2D eigenvalue weighted by atomic mass is 10.1. The molecule has 5 rings (SSSR count). The molecular weight excluding hydrogens is 350 g/mol. The second-order valence-corrected chi connectivity index (χ2v) is 6.56. The van der Waals surface area contributed by atoms with Crippen LogP contribution >= 0.6 is 11.5 Å². The molecule has 2 N–H and O–H groups in total. The van der Waals surface area contributed by atoms with Crippen LogP contribution in [0, 0.1) is 0 Å². The summed E-state index contributed by atoms with van der Waals surface area (Å²) >= 11 is 1.29. The van der Waals surface area contributed by atoms with Crippen molar-refractivity contribution in [3.05, 3.63) is 53.3 Å². The number of hydrogen-bond donors (Lipinski definition) is 2. The number of oxime groups is 1. The molecule has 128 valence electrons. The lowest BCUT2D eigenvalue weighted by Gasteiger charge is -2.09. The van der Waals surface area contributed by atoms with Crippen LogP contribution in [0.25, 0.3) is 17.0 Å². The van der Waals surface area contributed by atoms with Crippen LogP contribution in [0.2, 0.25) is 0 Å². The summed E-state index contributed by atoms with van der Waals surface area (Å²) in [5.41, 5.74) is 6.02. The predicted octanol–water partition coefficient (Wildman–Crippen LogP) is 3.12. The molecule has 0 radical (unpaired) electrons. The van der Waals surface area contributed by atoms with Gasteiger partial charge in [0.1, 0.15) is 17.2 Å². The number of aryl methyl sites for hydroxylation is 1. The highest BCUT2D eigenvalue weighted by Crippen LogP contribution is 2.32. The van der Waals surface area contributed by atoms with E-state index < -0.39 is 0 Å². The number of hydrogen-bond acceptors (Lipinski definition) is 8. The van der Waals surface area contributed by atoms with Gasteiger partial charge < -0.3 is 10.5 Å². The summed E-state index contributed by atoms with van der Waals surface area (Å²) < 4.78 is 5.88. The van der Waals surface area contributed by atoms with Gasteiger partial charge in [-0.05, 0) is 42.1 Å². The van der Waals surface area contributed by atoms with E-state index in [1.165, 1.54) is 11.5 Å². The zero-order valence-electron chi connectivity index (χ0n) is 13.5. The summed E-state index contributed by atoms with van der Waals surface area (Å²) in [6, 6.07) is 6.03. The fourth-order valence-electron chi connectivity index (χ4n) is 3.26. The minimum absolute atomic E-state index is 0.720. The van der Waals surface area contributed by atoms with Gasteiger partial charge in [0.25, 0.3) is 0 Å². The second kappa shape index (κ2) is 5.88. The number of nitrogens with zero attached hydrogens (tertiary/aromatic N) is 6. The molecule has 0 saturated carbocycles. The second-order valence-electron chi connectivity index (χ2n) is 5.95. The van der Waals surface area contributed by atoms with Gasteiger partial charge in [0.2, 0.25) is 0 Å². The van der Waals surface area contributed by atoms with E-state index in [1.807, 2.05) is 28.1 Å². The Morgan fingerprint density at radius 1 is 1.27 bits per heavy atom. The molecule has 3 aromatic heterocycles. The molecule has 8 nitrogen and oxygen atoms in total. The molecule has 0 spiro atoms. The van der Waals surface area contributed by atoms with Gasteiger partial charge in [-0.3, -0.25) is 9.38 Å². The maximum atomic E-state index is 9.09. The molecule has 0 aliphatic heterocycles. The van der Waals surface area contributed by atoms with Crippen molar-refractivity contribution in [1.29, 1.82) is 0 Å². The van der Waals surface area contributed by atoms with Gasteiger partial charge >= 0.3 is 0 Å². The summed E-state index contributed by atoms with van der Waals surface area (Å²) in [7, 11) is 0. The van der Waals surface area contributed by atoms with Gasteiger partial charge in [0.05, 0.1) is 11.9 Å². The van der Waals surface area contributed by atoms with E-state index in [0.29, 0.717) is 0 Å². The van der Waals surface area contributed by atoms with Crippen molar-refractivity contribution in [2.24, 2.45) is 5.16 Å². The molecule has 0 fully saturated rings. The number of imidazole rings is 1. The number of fused-ring (bicyclic) bond motifs is 2. The minimum atomic E-state index is 0.720. The molecule has 0 saturated heterocycles. The van der Waals surface area contributed by atoms with E-state index in [0.717, 1.165) is 58.2 Å². The first-order valence-electron chi connectivity index (χ1n) is 8.04. The van der Waals surface area contributed by atoms with E-state index in [-0.39, 0.29) is 0 Å². The highest BCUT2D eigenvalue weighted by atomic mass is 32.1. The smallest absolute Gasteiger partial charge is 0.157 e. The molecular formula is C17H13N7OS. The fraction of sp³-hybridized carbons (Fsp3) is 0.118. The minimum Gasteiger partial charge on any atom is -0.411 e. The molecule has 1 aliphatic carbocycles. The Labute approximate surface area is 152 Å². The van der Waals surface area contributed by atoms with E-state index in [9.17, 15) is 0 Å². The lowest BCUT2D eigenvalue weighted by molar-refractivity contribution is 0.318. The van der Waals surface area contributed by atoms with Crippen molar-refractivity contribution in [2.45, 2.75) is 12.8 Å². The Morgan fingerprint density at radius 3 is 3.08 bits per heavy atom. The Morgan fingerprint density at radius 2 is 2.23 bits per heavy atom. The van der Waals surface area contributed by atoms with Crippen LogP contribution in [0.1, 0.15) is 17.5 Å². The molecule has 3 heterocycles. The van der Waals surface area contributed by atoms with Crippen molar-refractivity contribution in [2.75, 3.05) is 5.32 Å². The molecule has 0 unspecified atom stereocenters. The molecule has 0 atom stereocenters. The maximum Gasteiger partial charge on any atom is 0.157 e. The molecule has 26 heavy (non-hydrogen) atoms. The van der Waals surface area contributed by atoms with Crippen LogP contribution < -0.4 is 5.32 Å². The first kappa shape index (κ1) is 15.0. The van der Waals surface area contributed by atoms with E-state index in [4.69, 9.17) is 5.21 Å². The molecule has 1 aliphatic rings.